The minimum absolute atomic E-state index is 0.00780. The van der Waals surface area contributed by atoms with E-state index in [9.17, 15) is 9.90 Å². The highest BCUT2D eigenvalue weighted by Gasteiger charge is 2.51. The molecule has 0 aliphatic rings. The van der Waals surface area contributed by atoms with Crippen LogP contribution < -0.4 is 10.4 Å². The van der Waals surface area contributed by atoms with Gasteiger partial charge in [-0.25, -0.2) is 4.79 Å². The number of carbonyl (C=O) groups is 1. The van der Waals surface area contributed by atoms with Crippen LogP contribution in [0.15, 0.2) is 72.8 Å². The first-order valence-corrected chi connectivity index (χ1v) is 15.4. The van der Waals surface area contributed by atoms with Gasteiger partial charge in [-0.2, -0.15) is 0 Å². The van der Waals surface area contributed by atoms with Gasteiger partial charge in [0.1, 0.15) is 25.8 Å². The fourth-order valence-corrected chi connectivity index (χ4v) is 9.45. The summed E-state index contributed by atoms with van der Waals surface area (Å²) in [5.74, 6) is -0.586. The lowest BCUT2D eigenvalue weighted by atomic mass is 9.97. The van der Waals surface area contributed by atoms with Gasteiger partial charge >= 0.3 is 5.97 Å². The zero-order valence-corrected chi connectivity index (χ0v) is 25.9. The Morgan fingerprint density at radius 3 is 1.90 bits per heavy atom. The Morgan fingerprint density at radius 1 is 0.900 bits per heavy atom. The minimum Gasteiger partial charge on any atom is -0.466 e. The van der Waals surface area contributed by atoms with Gasteiger partial charge in [0, 0.05) is 20.3 Å². The number of rotatable bonds is 17. The molecule has 2 aromatic rings. The molecule has 0 radical (unpaired) electrons. The van der Waals surface area contributed by atoms with E-state index in [1.165, 1.54) is 20.3 Å². The molecular formula is C31H46O8Si. The lowest BCUT2D eigenvalue weighted by molar-refractivity contribution is -0.193. The fourth-order valence-electron chi connectivity index (χ4n) is 4.88. The van der Waals surface area contributed by atoms with Crippen molar-refractivity contribution in [2.75, 3.05) is 41.5 Å². The second-order valence-electron chi connectivity index (χ2n) is 10.8. The van der Waals surface area contributed by atoms with E-state index < -0.39 is 32.6 Å². The number of benzene rings is 2. The van der Waals surface area contributed by atoms with Crippen molar-refractivity contribution in [2.45, 2.75) is 57.5 Å². The highest BCUT2D eigenvalue weighted by Crippen LogP contribution is 2.37. The van der Waals surface area contributed by atoms with Crippen LogP contribution in [0.2, 0.25) is 5.04 Å². The zero-order chi connectivity index (χ0) is 29.6. The number of carbonyl (C=O) groups excluding carboxylic acids is 1. The maximum Gasteiger partial charge on any atom is 0.330 e. The molecule has 0 aliphatic carbocycles. The first kappa shape index (κ1) is 33.8. The van der Waals surface area contributed by atoms with Crippen LogP contribution in [0, 0.1) is 5.92 Å². The number of ether oxygens (including phenoxy) is 5. The van der Waals surface area contributed by atoms with E-state index in [0.29, 0.717) is 6.42 Å². The smallest absolute Gasteiger partial charge is 0.330 e. The number of aliphatic hydroxyl groups excluding tert-OH is 1. The highest BCUT2D eigenvalue weighted by molar-refractivity contribution is 6.99. The largest absolute Gasteiger partial charge is 0.466 e. The van der Waals surface area contributed by atoms with Crippen LogP contribution in [0.5, 0.6) is 0 Å². The Balaban J connectivity index is 2.46. The summed E-state index contributed by atoms with van der Waals surface area (Å²) in [5.41, 5.74) is 0. The average Bonchev–Trinajstić information content (AvgIpc) is 2.94. The number of allylic oxidation sites excluding steroid dienone is 1. The molecule has 9 heteroatoms. The van der Waals surface area contributed by atoms with Crippen LogP contribution in [0.3, 0.4) is 0 Å². The standard InChI is InChI=1S/C31H46O8Si/c1-24(18-19-29(33)36-7)20-27(32)30(38-23-35-6)28(37-22-34-5)21-39-40(31(2,3)4,25-14-10-8-11-15-25)26-16-12-9-13-17-26/h8-19,24,27-28,30,32H,20-23H2,1-7H3/b19-18+/t24-,27+,28+,30-/m0/s1. The zero-order valence-electron chi connectivity index (χ0n) is 24.9. The molecule has 0 heterocycles. The SMILES string of the molecule is COCO[C@@H]([C@H](O)C[C@@H](C)/C=C/C(=O)OC)[C@@H](CO[Si](c1ccccc1)(c1ccccc1)C(C)(C)C)OCOC. The van der Waals surface area contributed by atoms with Crippen LogP contribution in [0.1, 0.15) is 34.1 Å². The lowest BCUT2D eigenvalue weighted by Crippen LogP contribution is -2.67. The molecule has 0 aromatic heterocycles. The van der Waals surface area contributed by atoms with Crippen LogP contribution in [-0.2, 0) is 32.9 Å². The van der Waals surface area contributed by atoms with E-state index in [1.54, 1.807) is 13.2 Å². The molecule has 2 rings (SSSR count). The van der Waals surface area contributed by atoms with E-state index >= 15 is 0 Å². The molecule has 4 atom stereocenters. The number of methoxy groups -OCH3 is 3. The number of hydrogen-bond donors (Lipinski definition) is 1. The van der Waals surface area contributed by atoms with Gasteiger partial charge in [0.05, 0.1) is 19.8 Å². The third kappa shape index (κ3) is 9.34. The second-order valence-corrected chi connectivity index (χ2v) is 15.1. The van der Waals surface area contributed by atoms with E-state index in [-0.39, 0.29) is 31.1 Å². The summed E-state index contributed by atoms with van der Waals surface area (Å²) >= 11 is 0. The molecule has 0 saturated heterocycles. The molecule has 0 spiro atoms. The van der Waals surface area contributed by atoms with Gasteiger partial charge in [0.15, 0.2) is 0 Å². The van der Waals surface area contributed by atoms with Crippen molar-refractivity contribution in [3.8, 4) is 0 Å². The summed E-state index contributed by atoms with van der Waals surface area (Å²) in [6.45, 7) is 8.61. The third-order valence-corrected chi connectivity index (χ3v) is 11.8. The first-order valence-electron chi connectivity index (χ1n) is 13.5. The Labute approximate surface area is 240 Å². The molecule has 8 nitrogen and oxygen atoms in total. The molecule has 0 bridgehead atoms. The molecule has 40 heavy (non-hydrogen) atoms. The monoisotopic (exact) mass is 574 g/mol. The van der Waals surface area contributed by atoms with Crippen molar-refractivity contribution in [3.63, 3.8) is 0 Å². The highest BCUT2D eigenvalue weighted by atomic mass is 28.4. The predicted molar refractivity (Wildman–Crippen MR) is 158 cm³/mol. The Hall–Kier alpha value is -2.37. The molecule has 0 fully saturated rings. The molecule has 0 unspecified atom stereocenters. The fraction of sp³-hybridized carbons (Fsp3) is 0.516. The minimum atomic E-state index is -2.88. The van der Waals surface area contributed by atoms with Gasteiger partial charge in [-0.1, -0.05) is 94.4 Å². The normalized spacial score (nSPS) is 15.5. The van der Waals surface area contributed by atoms with Crippen molar-refractivity contribution in [3.05, 3.63) is 72.8 Å². The van der Waals surface area contributed by atoms with Crippen LogP contribution in [0.4, 0.5) is 0 Å². The number of aliphatic hydroxyl groups is 1. The third-order valence-electron chi connectivity index (χ3n) is 6.78. The van der Waals surface area contributed by atoms with Gasteiger partial charge < -0.3 is 33.2 Å². The topological polar surface area (TPSA) is 92.7 Å². The van der Waals surface area contributed by atoms with Gasteiger partial charge in [-0.3, -0.25) is 0 Å². The Kier molecular flexibility index (Phi) is 14.2. The second kappa shape index (κ2) is 16.8. The molecule has 1 N–H and O–H groups in total. The van der Waals surface area contributed by atoms with Gasteiger partial charge in [-0.15, -0.1) is 0 Å². The van der Waals surface area contributed by atoms with Gasteiger partial charge in [-0.05, 0) is 27.8 Å². The van der Waals surface area contributed by atoms with E-state index in [2.05, 4.69) is 49.8 Å². The maximum absolute atomic E-state index is 11.5. The van der Waals surface area contributed by atoms with Gasteiger partial charge in [0.25, 0.3) is 8.32 Å². The van der Waals surface area contributed by atoms with Crippen LogP contribution >= 0.6 is 0 Å². The summed E-state index contributed by atoms with van der Waals surface area (Å²) in [5, 5.41) is 13.4. The molecule has 0 amide bonds. The summed E-state index contributed by atoms with van der Waals surface area (Å²) < 4.78 is 34.3. The molecule has 0 aliphatic heterocycles. The number of hydrogen-bond acceptors (Lipinski definition) is 8. The number of esters is 1. The van der Waals surface area contributed by atoms with Crippen molar-refractivity contribution in [2.24, 2.45) is 5.92 Å². The van der Waals surface area contributed by atoms with E-state index in [0.717, 1.165) is 10.4 Å². The predicted octanol–water partition coefficient (Wildman–Crippen LogP) is 3.66. The molecule has 2 aromatic carbocycles. The van der Waals surface area contributed by atoms with Crippen LogP contribution in [0.25, 0.3) is 0 Å². The lowest BCUT2D eigenvalue weighted by Gasteiger charge is -2.44. The Bertz CT molecular complexity index is 970. The molecule has 0 saturated carbocycles. The van der Waals surface area contributed by atoms with Crippen molar-refractivity contribution >= 4 is 24.7 Å². The van der Waals surface area contributed by atoms with Crippen molar-refractivity contribution in [1.29, 1.82) is 0 Å². The van der Waals surface area contributed by atoms with Gasteiger partial charge in [0.2, 0.25) is 0 Å². The summed E-state index contributed by atoms with van der Waals surface area (Å²) in [6, 6.07) is 20.6. The van der Waals surface area contributed by atoms with E-state index in [4.69, 9.17) is 23.4 Å². The van der Waals surface area contributed by atoms with Crippen molar-refractivity contribution in [1.82, 2.24) is 0 Å². The maximum atomic E-state index is 11.5. The van der Waals surface area contributed by atoms with E-state index in [1.807, 2.05) is 43.3 Å². The summed E-state index contributed by atoms with van der Waals surface area (Å²) in [6.07, 6.45) is 0.955. The van der Waals surface area contributed by atoms with Crippen LogP contribution in [-0.4, -0.2) is 79.2 Å². The summed E-state index contributed by atoms with van der Waals surface area (Å²) in [4.78, 5) is 11.5. The quantitative estimate of drug-likeness (QED) is 0.133. The summed E-state index contributed by atoms with van der Waals surface area (Å²) in [7, 11) is 1.51. The molecule has 222 valence electrons. The van der Waals surface area contributed by atoms with Crippen molar-refractivity contribution < 1.29 is 38.0 Å². The average molecular weight is 575 g/mol. The first-order chi connectivity index (χ1) is 19.1. The molecular weight excluding hydrogens is 528 g/mol. The Morgan fingerprint density at radius 2 is 1.43 bits per heavy atom.